The first kappa shape index (κ1) is 18.9. The van der Waals surface area contributed by atoms with Crippen molar-refractivity contribution in [2.75, 3.05) is 23.4 Å². The predicted octanol–water partition coefficient (Wildman–Crippen LogP) is 5.17. The van der Waals surface area contributed by atoms with Gasteiger partial charge in [0.1, 0.15) is 11.2 Å². The minimum Gasteiger partial charge on any atom is -0.372 e. The lowest BCUT2D eigenvalue weighted by Gasteiger charge is -2.21. The lowest BCUT2D eigenvalue weighted by atomic mass is 9.97. The summed E-state index contributed by atoms with van der Waals surface area (Å²) >= 11 is 1.81. The Kier molecular flexibility index (Phi) is 5.57. The van der Waals surface area contributed by atoms with Crippen LogP contribution in [0.5, 0.6) is 0 Å². The van der Waals surface area contributed by atoms with E-state index in [4.69, 9.17) is 0 Å². The molecule has 1 aliphatic rings. The molecular weight excluding hydrogens is 366 g/mol. The van der Waals surface area contributed by atoms with Crippen LogP contribution < -0.4 is 10.3 Å². The maximum atomic E-state index is 4.49. The molecule has 6 heteroatoms. The molecule has 1 aromatic carbocycles. The number of aromatic nitrogens is 2. The fourth-order valence-electron chi connectivity index (χ4n) is 3.93. The third-order valence-electron chi connectivity index (χ3n) is 5.51. The largest absolute Gasteiger partial charge is 0.372 e. The van der Waals surface area contributed by atoms with Crippen LogP contribution in [0.15, 0.2) is 29.6 Å². The number of thiophene rings is 1. The Labute approximate surface area is 170 Å². The zero-order chi connectivity index (χ0) is 19.5. The number of hydrogen-bond acceptors (Lipinski definition) is 6. The molecule has 1 N–H and O–H groups in total. The summed E-state index contributed by atoms with van der Waals surface area (Å²) in [6.45, 7) is 8.53. The van der Waals surface area contributed by atoms with Gasteiger partial charge < -0.3 is 4.90 Å². The molecule has 0 saturated heterocycles. The SMILES string of the molecule is CCN(CC)c1ccc(/C=N\Nc2ncnc3sc4c(c23)CCCC4)c(C)c1. The van der Waals surface area contributed by atoms with E-state index < -0.39 is 0 Å². The Bertz CT molecular complexity index is 1000. The normalized spacial score (nSPS) is 13.8. The van der Waals surface area contributed by atoms with Crippen LogP contribution in [0, 0.1) is 6.92 Å². The van der Waals surface area contributed by atoms with Crippen LogP contribution in [0.2, 0.25) is 0 Å². The minimum atomic E-state index is 0.818. The van der Waals surface area contributed by atoms with Gasteiger partial charge in [0.05, 0.1) is 11.6 Å². The number of hydrogen-bond donors (Lipinski definition) is 1. The Morgan fingerprint density at radius 2 is 2.00 bits per heavy atom. The van der Waals surface area contributed by atoms with E-state index in [1.54, 1.807) is 6.33 Å². The van der Waals surface area contributed by atoms with Crippen LogP contribution in [0.25, 0.3) is 10.2 Å². The smallest absolute Gasteiger partial charge is 0.158 e. The quantitative estimate of drug-likeness (QED) is 0.464. The Balaban J connectivity index is 1.56. The van der Waals surface area contributed by atoms with Gasteiger partial charge in [0, 0.05) is 23.7 Å². The molecule has 28 heavy (non-hydrogen) atoms. The molecule has 0 fully saturated rings. The zero-order valence-electron chi connectivity index (χ0n) is 16.8. The van der Waals surface area contributed by atoms with Gasteiger partial charge in [-0.05, 0) is 75.3 Å². The highest BCUT2D eigenvalue weighted by Crippen LogP contribution is 2.38. The third-order valence-corrected chi connectivity index (χ3v) is 6.71. The van der Waals surface area contributed by atoms with Gasteiger partial charge in [-0.1, -0.05) is 6.07 Å². The molecule has 0 atom stereocenters. The van der Waals surface area contributed by atoms with Crippen molar-refractivity contribution in [2.24, 2.45) is 5.10 Å². The van der Waals surface area contributed by atoms with Crippen LogP contribution in [-0.4, -0.2) is 29.3 Å². The summed E-state index contributed by atoms with van der Waals surface area (Å²) < 4.78 is 0. The zero-order valence-corrected chi connectivity index (χ0v) is 17.6. The Morgan fingerprint density at radius 1 is 1.18 bits per heavy atom. The van der Waals surface area contributed by atoms with Crippen LogP contribution >= 0.6 is 11.3 Å². The first-order valence-electron chi connectivity index (χ1n) is 10.1. The van der Waals surface area contributed by atoms with E-state index in [2.05, 4.69) is 64.4 Å². The van der Waals surface area contributed by atoms with Crippen molar-refractivity contribution in [3.8, 4) is 0 Å². The average molecular weight is 394 g/mol. The molecule has 4 rings (SSSR count). The Morgan fingerprint density at radius 3 is 2.79 bits per heavy atom. The van der Waals surface area contributed by atoms with Gasteiger partial charge >= 0.3 is 0 Å². The number of benzene rings is 1. The van der Waals surface area contributed by atoms with E-state index in [1.165, 1.54) is 34.5 Å². The molecule has 0 spiro atoms. The van der Waals surface area contributed by atoms with Crippen molar-refractivity contribution in [2.45, 2.75) is 46.5 Å². The van der Waals surface area contributed by atoms with Crippen LogP contribution in [-0.2, 0) is 12.8 Å². The monoisotopic (exact) mass is 393 g/mol. The highest BCUT2D eigenvalue weighted by molar-refractivity contribution is 7.19. The van der Waals surface area contributed by atoms with Crippen molar-refractivity contribution < 1.29 is 0 Å². The van der Waals surface area contributed by atoms with E-state index in [0.717, 1.165) is 47.5 Å². The molecule has 0 saturated carbocycles. The van der Waals surface area contributed by atoms with Gasteiger partial charge in [-0.2, -0.15) is 5.10 Å². The standard InChI is InChI=1S/C22H27N5S/c1-4-27(5-2)17-11-10-16(15(3)12-17)13-25-26-21-20-18-8-6-7-9-19(18)28-22(20)24-14-23-21/h10-14H,4-9H2,1-3H3,(H,23,24,26)/b25-13-. The van der Waals surface area contributed by atoms with E-state index >= 15 is 0 Å². The number of hydrazone groups is 1. The number of aryl methyl sites for hydroxylation is 3. The number of nitrogens with zero attached hydrogens (tertiary/aromatic N) is 4. The third kappa shape index (κ3) is 3.61. The Hall–Kier alpha value is -2.47. The number of nitrogens with one attached hydrogen (secondary N) is 1. The molecule has 0 bridgehead atoms. The molecule has 1 aliphatic carbocycles. The van der Waals surface area contributed by atoms with Gasteiger partial charge in [-0.15, -0.1) is 11.3 Å². The lowest BCUT2D eigenvalue weighted by molar-refractivity contribution is 0.700. The van der Waals surface area contributed by atoms with E-state index in [1.807, 2.05) is 17.6 Å². The highest BCUT2D eigenvalue weighted by Gasteiger charge is 2.19. The van der Waals surface area contributed by atoms with Crippen molar-refractivity contribution in [1.82, 2.24) is 9.97 Å². The van der Waals surface area contributed by atoms with Gasteiger partial charge in [0.25, 0.3) is 0 Å². The first-order valence-corrected chi connectivity index (χ1v) is 10.9. The second-order valence-corrected chi connectivity index (χ2v) is 8.28. The number of fused-ring (bicyclic) bond motifs is 3. The van der Waals surface area contributed by atoms with Crippen LogP contribution in [0.1, 0.15) is 48.3 Å². The molecule has 0 radical (unpaired) electrons. The minimum absolute atomic E-state index is 0.818. The van der Waals surface area contributed by atoms with E-state index in [0.29, 0.717) is 0 Å². The maximum absolute atomic E-state index is 4.49. The fraction of sp³-hybridized carbons (Fsp3) is 0.409. The van der Waals surface area contributed by atoms with Crippen LogP contribution in [0.4, 0.5) is 11.5 Å². The summed E-state index contributed by atoms with van der Waals surface area (Å²) in [6.07, 6.45) is 8.32. The maximum Gasteiger partial charge on any atom is 0.158 e. The first-order chi connectivity index (χ1) is 13.7. The molecule has 2 heterocycles. The van der Waals surface area contributed by atoms with E-state index in [9.17, 15) is 0 Å². The fourth-order valence-corrected chi connectivity index (χ4v) is 5.16. The highest BCUT2D eigenvalue weighted by atomic mass is 32.1. The molecule has 5 nitrogen and oxygen atoms in total. The molecule has 0 unspecified atom stereocenters. The van der Waals surface area contributed by atoms with Crippen molar-refractivity contribution >= 4 is 39.3 Å². The summed E-state index contributed by atoms with van der Waals surface area (Å²) in [7, 11) is 0. The van der Waals surface area contributed by atoms with Crippen LogP contribution in [0.3, 0.4) is 0 Å². The second-order valence-electron chi connectivity index (χ2n) is 7.20. The molecule has 0 amide bonds. The second kappa shape index (κ2) is 8.27. The molecule has 146 valence electrons. The lowest BCUT2D eigenvalue weighted by Crippen LogP contribution is -2.21. The molecule has 3 aromatic rings. The van der Waals surface area contributed by atoms with Gasteiger partial charge in [-0.25, -0.2) is 9.97 Å². The van der Waals surface area contributed by atoms with E-state index in [-0.39, 0.29) is 0 Å². The summed E-state index contributed by atoms with van der Waals surface area (Å²) in [5.74, 6) is 0.818. The number of anilines is 2. The summed E-state index contributed by atoms with van der Waals surface area (Å²) in [5.41, 5.74) is 8.18. The van der Waals surface area contributed by atoms with Crippen molar-refractivity contribution in [3.63, 3.8) is 0 Å². The summed E-state index contributed by atoms with van der Waals surface area (Å²) in [4.78, 5) is 13.8. The number of rotatable bonds is 6. The van der Waals surface area contributed by atoms with Gasteiger partial charge in [0.15, 0.2) is 5.82 Å². The van der Waals surface area contributed by atoms with Crippen molar-refractivity contribution in [3.05, 3.63) is 46.1 Å². The summed E-state index contributed by atoms with van der Waals surface area (Å²) in [6, 6.07) is 6.53. The molecule has 0 aliphatic heterocycles. The summed E-state index contributed by atoms with van der Waals surface area (Å²) in [5, 5.41) is 5.65. The predicted molar refractivity (Wildman–Crippen MR) is 120 cm³/mol. The van der Waals surface area contributed by atoms with Gasteiger partial charge in [-0.3, -0.25) is 5.43 Å². The topological polar surface area (TPSA) is 53.4 Å². The molecular formula is C22H27N5S. The average Bonchev–Trinajstić information content (AvgIpc) is 3.10. The van der Waals surface area contributed by atoms with Crippen molar-refractivity contribution in [1.29, 1.82) is 0 Å². The van der Waals surface area contributed by atoms with Gasteiger partial charge in [0.2, 0.25) is 0 Å². The molecule has 2 aromatic heterocycles.